The number of rotatable bonds is 12. The SMILES string of the molecule is CNC(=O)CCNC(=O)C1(CC(COc2ccccc2)C(=O)OCc2ccccc2)CCCC1. The quantitative estimate of drug-likeness (QED) is 0.466. The monoisotopic (exact) mass is 466 g/mol. The number of carbonyl (C=O) groups is 3. The molecule has 0 saturated heterocycles. The lowest BCUT2D eigenvalue weighted by Crippen LogP contribution is -2.43. The molecule has 0 spiro atoms. The summed E-state index contributed by atoms with van der Waals surface area (Å²) >= 11 is 0. The molecule has 1 unspecified atom stereocenters. The van der Waals surface area contributed by atoms with Gasteiger partial charge < -0.3 is 20.1 Å². The van der Waals surface area contributed by atoms with E-state index >= 15 is 0 Å². The van der Waals surface area contributed by atoms with Crippen LogP contribution in [0.5, 0.6) is 5.75 Å². The predicted octanol–water partition coefficient (Wildman–Crippen LogP) is 3.63. The first kappa shape index (κ1) is 25.3. The maximum Gasteiger partial charge on any atom is 0.312 e. The lowest BCUT2D eigenvalue weighted by Gasteiger charge is -2.31. The van der Waals surface area contributed by atoms with E-state index < -0.39 is 11.3 Å². The summed E-state index contributed by atoms with van der Waals surface area (Å²) in [6, 6.07) is 18.8. The van der Waals surface area contributed by atoms with Gasteiger partial charge in [-0.15, -0.1) is 0 Å². The van der Waals surface area contributed by atoms with E-state index in [0.29, 0.717) is 25.0 Å². The number of amides is 2. The summed E-state index contributed by atoms with van der Waals surface area (Å²) in [5, 5.41) is 5.47. The minimum absolute atomic E-state index is 0.102. The summed E-state index contributed by atoms with van der Waals surface area (Å²) in [7, 11) is 1.57. The Morgan fingerprint density at radius 2 is 1.62 bits per heavy atom. The molecular weight excluding hydrogens is 432 g/mol. The number of para-hydroxylation sites is 1. The first-order valence-corrected chi connectivity index (χ1v) is 11.9. The van der Waals surface area contributed by atoms with Gasteiger partial charge in [-0.05, 0) is 37.0 Å². The Balaban J connectivity index is 1.69. The first-order valence-electron chi connectivity index (χ1n) is 11.9. The van der Waals surface area contributed by atoms with Crippen molar-refractivity contribution in [3.05, 3.63) is 66.2 Å². The molecule has 0 heterocycles. The van der Waals surface area contributed by atoms with Crippen molar-refractivity contribution in [3.63, 3.8) is 0 Å². The molecular formula is C27H34N2O5. The van der Waals surface area contributed by atoms with E-state index in [4.69, 9.17) is 9.47 Å². The van der Waals surface area contributed by atoms with Crippen LogP contribution in [0.2, 0.25) is 0 Å². The summed E-state index contributed by atoms with van der Waals surface area (Å²) in [4.78, 5) is 37.9. The van der Waals surface area contributed by atoms with Gasteiger partial charge in [-0.3, -0.25) is 14.4 Å². The number of ether oxygens (including phenoxy) is 2. The van der Waals surface area contributed by atoms with Crippen LogP contribution >= 0.6 is 0 Å². The smallest absolute Gasteiger partial charge is 0.312 e. The van der Waals surface area contributed by atoms with Crippen molar-refractivity contribution in [3.8, 4) is 5.75 Å². The zero-order chi connectivity index (χ0) is 24.2. The predicted molar refractivity (Wildman–Crippen MR) is 129 cm³/mol. The zero-order valence-electron chi connectivity index (χ0n) is 19.8. The standard InChI is InChI=1S/C27H34N2O5/c1-28-24(30)14-17-29-26(32)27(15-8-9-16-27)18-22(20-33-23-12-6-3-7-13-23)25(31)34-19-21-10-4-2-5-11-21/h2-7,10-13,22H,8-9,14-20H2,1H3,(H,28,30)(H,29,32). The highest BCUT2D eigenvalue weighted by Gasteiger charge is 2.44. The van der Waals surface area contributed by atoms with E-state index in [0.717, 1.165) is 18.4 Å². The summed E-state index contributed by atoms with van der Waals surface area (Å²) in [5.74, 6) is -0.524. The van der Waals surface area contributed by atoms with E-state index in [1.165, 1.54) is 0 Å². The molecule has 2 N–H and O–H groups in total. The van der Waals surface area contributed by atoms with Gasteiger partial charge >= 0.3 is 5.97 Å². The highest BCUT2D eigenvalue weighted by Crippen LogP contribution is 2.44. The van der Waals surface area contributed by atoms with Crippen molar-refractivity contribution in [2.45, 2.75) is 45.1 Å². The fraction of sp³-hybridized carbons (Fsp3) is 0.444. The van der Waals surface area contributed by atoms with Gasteiger partial charge in [-0.1, -0.05) is 61.4 Å². The maximum atomic E-state index is 13.2. The van der Waals surface area contributed by atoms with Crippen molar-refractivity contribution in [1.29, 1.82) is 0 Å². The molecule has 2 aromatic rings. The van der Waals surface area contributed by atoms with Crippen molar-refractivity contribution in [2.75, 3.05) is 20.2 Å². The third kappa shape index (κ3) is 7.33. The molecule has 1 aliphatic rings. The number of hydrogen-bond donors (Lipinski definition) is 2. The van der Waals surface area contributed by atoms with Crippen LogP contribution in [-0.2, 0) is 25.7 Å². The average Bonchev–Trinajstić information content (AvgIpc) is 3.36. The van der Waals surface area contributed by atoms with Gasteiger partial charge in [-0.2, -0.15) is 0 Å². The Labute approximate surface area is 201 Å². The minimum atomic E-state index is -0.667. The fourth-order valence-corrected chi connectivity index (χ4v) is 4.42. The van der Waals surface area contributed by atoms with Crippen LogP contribution in [0.25, 0.3) is 0 Å². The van der Waals surface area contributed by atoms with Gasteiger partial charge in [0, 0.05) is 20.0 Å². The summed E-state index contributed by atoms with van der Waals surface area (Å²) in [6.07, 6.45) is 3.82. The molecule has 0 aliphatic heterocycles. The van der Waals surface area contributed by atoms with Crippen LogP contribution in [0.1, 0.15) is 44.1 Å². The van der Waals surface area contributed by atoms with E-state index in [2.05, 4.69) is 10.6 Å². The van der Waals surface area contributed by atoms with E-state index in [1.807, 2.05) is 60.7 Å². The molecule has 7 nitrogen and oxygen atoms in total. The van der Waals surface area contributed by atoms with Gasteiger partial charge in [0.1, 0.15) is 19.0 Å². The second-order valence-corrected chi connectivity index (χ2v) is 8.78. The van der Waals surface area contributed by atoms with Gasteiger partial charge in [0.2, 0.25) is 11.8 Å². The molecule has 182 valence electrons. The summed E-state index contributed by atoms with van der Waals surface area (Å²) in [5.41, 5.74) is 0.236. The van der Waals surface area contributed by atoms with Crippen LogP contribution in [0.15, 0.2) is 60.7 Å². The van der Waals surface area contributed by atoms with Crippen LogP contribution in [-0.4, -0.2) is 38.0 Å². The Hall–Kier alpha value is -3.35. The third-order valence-electron chi connectivity index (χ3n) is 6.35. The Morgan fingerprint density at radius 1 is 0.971 bits per heavy atom. The van der Waals surface area contributed by atoms with Crippen LogP contribution in [0.3, 0.4) is 0 Å². The minimum Gasteiger partial charge on any atom is -0.493 e. The largest absolute Gasteiger partial charge is 0.493 e. The second kappa shape index (κ2) is 12.8. The molecule has 1 aliphatic carbocycles. The molecule has 2 amide bonds. The fourth-order valence-electron chi connectivity index (χ4n) is 4.42. The van der Waals surface area contributed by atoms with Crippen molar-refractivity contribution in [2.24, 2.45) is 11.3 Å². The molecule has 1 atom stereocenters. The van der Waals surface area contributed by atoms with Gasteiger partial charge in [0.05, 0.1) is 11.3 Å². The topological polar surface area (TPSA) is 93.7 Å². The lowest BCUT2D eigenvalue weighted by molar-refractivity contribution is -0.153. The number of carbonyl (C=O) groups excluding carboxylic acids is 3. The molecule has 34 heavy (non-hydrogen) atoms. The first-order chi connectivity index (χ1) is 16.5. The number of nitrogens with one attached hydrogen (secondary N) is 2. The van der Waals surface area contributed by atoms with Crippen LogP contribution in [0, 0.1) is 11.3 Å². The maximum absolute atomic E-state index is 13.2. The number of hydrogen-bond acceptors (Lipinski definition) is 5. The van der Waals surface area contributed by atoms with Crippen molar-refractivity contribution < 1.29 is 23.9 Å². The Bertz CT molecular complexity index is 927. The molecule has 2 aromatic carbocycles. The zero-order valence-corrected chi connectivity index (χ0v) is 19.8. The Morgan fingerprint density at radius 3 is 2.26 bits per heavy atom. The van der Waals surface area contributed by atoms with E-state index in [1.54, 1.807) is 7.05 Å². The van der Waals surface area contributed by atoms with Gasteiger partial charge in [-0.25, -0.2) is 0 Å². The van der Waals surface area contributed by atoms with Crippen LogP contribution < -0.4 is 15.4 Å². The third-order valence-corrected chi connectivity index (χ3v) is 6.35. The molecule has 1 saturated carbocycles. The van der Waals surface area contributed by atoms with E-state index in [9.17, 15) is 14.4 Å². The number of esters is 1. The Kier molecular flexibility index (Phi) is 9.50. The average molecular weight is 467 g/mol. The molecule has 0 bridgehead atoms. The highest BCUT2D eigenvalue weighted by atomic mass is 16.5. The van der Waals surface area contributed by atoms with Gasteiger partial charge in [0.25, 0.3) is 0 Å². The van der Waals surface area contributed by atoms with Crippen molar-refractivity contribution >= 4 is 17.8 Å². The van der Waals surface area contributed by atoms with Crippen molar-refractivity contribution in [1.82, 2.24) is 10.6 Å². The summed E-state index contributed by atoms with van der Waals surface area (Å²) in [6.45, 7) is 0.571. The second-order valence-electron chi connectivity index (χ2n) is 8.78. The molecule has 0 radical (unpaired) electrons. The van der Waals surface area contributed by atoms with Gasteiger partial charge in [0.15, 0.2) is 0 Å². The molecule has 1 fully saturated rings. The molecule has 0 aromatic heterocycles. The molecule has 3 rings (SSSR count). The lowest BCUT2D eigenvalue weighted by atomic mass is 9.77. The normalized spacial score (nSPS) is 15.2. The van der Waals surface area contributed by atoms with E-state index in [-0.39, 0.29) is 44.0 Å². The summed E-state index contributed by atoms with van der Waals surface area (Å²) < 4.78 is 11.6. The number of benzene rings is 2. The van der Waals surface area contributed by atoms with Crippen LogP contribution in [0.4, 0.5) is 0 Å². The molecule has 7 heteroatoms. The highest BCUT2D eigenvalue weighted by molar-refractivity contribution is 5.85.